The van der Waals surface area contributed by atoms with Crippen LogP contribution >= 0.6 is 0 Å². The normalized spacial score (nSPS) is 12.3. The van der Waals surface area contributed by atoms with Crippen LogP contribution in [0.2, 0.25) is 0 Å². The number of benzene rings is 2. The van der Waals surface area contributed by atoms with Crippen LogP contribution in [0.15, 0.2) is 54.6 Å². The van der Waals surface area contributed by atoms with E-state index in [4.69, 9.17) is 0 Å². The summed E-state index contributed by atoms with van der Waals surface area (Å²) < 4.78 is 0. The van der Waals surface area contributed by atoms with Crippen molar-refractivity contribution in [2.75, 3.05) is 6.54 Å². The van der Waals surface area contributed by atoms with E-state index in [0.29, 0.717) is 6.04 Å². The van der Waals surface area contributed by atoms with Gasteiger partial charge in [0, 0.05) is 6.04 Å². The van der Waals surface area contributed by atoms with Crippen LogP contribution in [0.25, 0.3) is 0 Å². The lowest BCUT2D eigenvalue weighted by Crippen LogP contribution is -2.23. The molecule has 1 N–H and O–H groups in total. The SMILES string of the molecule is CCNC(Cc1ccccc1C)c1ccccc1. The Bertz CT molecular complexity index is 476. The third-order valence-corrected chi connectivity index (χ3v) is 3.34. The molecule has 2 rings (SSSR count). The van der Waals surface area contributed by atoms with Crippen LogP contribution in [-0.4, -0.2) is 6.54 Å². The molecule has 0 amide bonds. The fourth-order valence-corrected chi connectivity index (χ4v) is 2.30. The lowest BCUT2D eigenvalue weighted by Gasteiger charge is -2.19. The molecule has 0 radical (unpaired) electrons. The first-order valence-corrected chi connectivity index (χ1v) is 6.64. The molecule has 0 fully saturated rings. The molecule has 1 nitrogen and oxygen atoms in total. The summed E-state index contributed by atoms with van der Waals surface area (Å²) in [5.41, 5.74) is 4.16. The van der Waals surface area contributed by atoms with Gasteiger partial charge in [0.1, 0.15) is 0 Å². The molecule has 1 atom stereocenters. The number of likely N-dealkylation sites (N-methyl/N-ethyl adjacent to an activating group) is 1. The summed E-state index contributed by atoms with van der Waals surface area (Å²) in [6.07, 6.45) is 1.05. The Morgan fingerprint density at radius 1 is 0.944 bits per heavy atom. The molecule has 18 heavy (non-hydrogen) atoms. The van der Waals surface area contributed by atoms with Crippen molar-refractivity contribution in [2.45, 2.75) is 26.3 Å². The van der Waals surface area contributed by atoms with E-state index in [2.05, 4.69) is 73.8 Å². The van der Waals surface area contributed by atoms with Crippen LogP contribution in [-0.2, 0) is 6.42 Å². The minimum atomic E-state index is 0.400. The van der Waals surface area contributed by atoms with Crippen LogP contribution in [0, 0.1) is 6.92 Å². The van der Waals surface area contributed by atoms with Crippen molar-refractivity contribution in [3.05, 3.63) is 71.3 Å². The summed E-state index contributed by atoms with van der Waals surface area (Å²) in [7, 11) is 0. The minimum absolute atomic E-state index is 0.400. The number of rotatable bonds is 5. The molecule has 2 aromatic carbocycles. The van der Waals surface area contributed by atoms with E-state index in [1.54, 1.807) is 0 Å². The van der Waals surface area contributed by atoms with Gasteiger partial charge in [-0.15, -0.1) is 0 Å². The van der Waals surface area contributed by atoms with Crippen molar-refractivity contribution >= 4 is 0 Å². The molecule has 0 aliphatic carbocycles. The molecule has 0 saturated carbocycles. The van der Waals surface area contributed by atoms with E-state index in [0.717, 1.165) is 13.0 Å². The quantitative estimate of drug-likeness (QED) is 0.834. The highest BCUT2D eigenvalue weighted by Crippen LogP contribution is 2.20. The van der Waals surface area contributed by atoms with Gasteiger partial charge in [0.2, 0.25) is 0 Å². The standard InChI is InChI=1S/C17H21N/c1-3-18-17(15-10-5-4-6-11-15)13-16-12-8-7-9-14(16)2/h4-12,17-18H,3,13H2,1-2H3. The van der Waals surface area contributed by atoms with Crippen LogP contribution in [0.4, 0.5) is 0 Å². The molecule has 0 bridgehead atoms. The maximum absolute atomic E-state index is 3.57. The predicted octanol–water partition coefficient (Wildman–Crippen LogP) is 3.89. The monoisotopic (exact) mass is 239 g/mol. The lowest BCUT2D eigenvalue weighted by molar-refractivity contribution is 0.549. The van der Waals surface area contributed by atoms with Gasteiger partial charge in [-0.05, 0) is 36.6 Å². The van der Waals surface area contributed by atoms with Crippen molar-refractivity contribution in [2.24, 2.45) is 0 Å². The molecule has 0 aliphatic heterocycles. The summed E-state index contributed by atoms with van der Waals surface area (Å²) in [6, 6.07) is 19.7. The van der Waals surface area contributed by atoms with Gasteiger partial charge in [-0.1, -0.05) is 61.5 Å². The zero-order valence-corrected chi connectivity index (χ0v) is 11.2. The first kappa shape index (κ1) is 12.8. The van der Waals surface area contributed by atoms with E-state index in [1.807, 2.05) is 0 Å². The largest absolute Gasteiger partial charge is 0.310 e. The van der Waals surface area contributed by atoms with E-state index in [-0.39, 0.29) is 0 Å². The Labute approximate surface area is 110 Å². The molecule has 94 valence electrons. The number of nitrogens with one attached hydrogen (secondary N) is 1. The Hall–Kier alpha value is -1.60. The Kier molecular flexibility index (Phi) is 4.54. The highest BCUT2D eigenvalue weighted by atomic mass is 14.9. The number of hydrogen-bond acceptors (Lipinski definition) is 1. The number of aryl methyl sites for hydroxylation is 1. The van der Waals surface area contributed by atoms with Gasteiger partial charge in [-0.3, -0.25) is 0 Å². The van der Waals surface area contributed by atoms with Gasteiger partial charge in [0.15, 0.2) is 0 Å². The zero-order valence-electron chi connectivity index (χ0n) is 11.2. The molecule has 0 aliphatic rings. The second kappa shape index (κ2) is 6.36. The van der Waals surface area contributed by atoms with Gasteiger partial charge in [0.25, 0.3) is 0 Å². The first-order chi connectivity index (χ1) is 8.81. The summed E-state index contributed by atoms with van der Waals surface area (Å²) >= 11 is 0. The molecule has 1 heteroatoms. The average Bonchev–Trinajstić information content (AvgIpc) is 2.42. The smallest absolute Gasteiger partial charge is 0.0360 e. The second-order valence-electron chi connectivity index (χ2n) is 4.65. The Morgan fingerprint density at radius 2 is 1.61 bits per heavy atom. The first-order valence-electron chi connectivity index (χ1n) is 6.64. The Morgan fingerprint density at radius 3 is 2.28 bits per heavy atom. The maximum atomic E-state index is 3.57. The topological polar surface area (TPSA) is 12.0 Å². The van der Waals surface area contributed by atoms with Gasteiger partial charge >= 0.3 is 0 Å². The van der Waals surface area contributed by atoms with Gasteiger partial charge in [0.05, 0.1) is 0 Å². The van der Waals surface area contributed by atoms with E-state index in [1.165, 1.54) is 16.7 Å². The van der Waals surface area contributed by atoms with Gasteiger partial charge in [-0.2, -0.15) is 0 Å². The molecule has 0 saturated heterocycles. The van der Waals surface area contributed by atoms with E-state index in [9.17, 15) is 0 Å². The lowest BCUT2D eigenvalue weighted by atomic mass is 9.96. The zero-order chi connectivity index (χ0) is 12.8. The average molecular weight is 239 g/mol. The van der Waals surface area contributed by atoms with Crippen molar-refractivity contribution in [3.8, 4) is 0 Å². The van der Waals surface area contributed by atoms with Gasteiger partial charge < -0.3 is 5.32 Å². The minimum Gasteiger partial charge on any atom is -0.310 e. The third-order valence-electron chi connectivity index (χ3n) is 3.34. The van der Waals surface area contributed by atoms with Crippen LogP contribution in [0.1, 0.15) is 29.7 Å². The van der Waals surface area contributed by atoms with Crippen molar-refractivity contribution in [1.29, 1.82) is 0 Å². The van der Waals surface area contributed by atoms with Gasteiger partial charge in [-0.25, -0.2) is 0 Å². The molecule has 0 heterocycles. The van der Waals surface area contributed by atoms with Crippen molar-refractivity contribution < 1.29 is 0 Å². The predicted molar refractivity (Wildman–Crippen MR) is 77.7 cm³/mol. The van der Waals surface area contributed by atoms with E-state index < -0.39 is 0 Å². The summed E-state index contributed by atoms with van der Waals surface area (Å²) in [6.45, 7) is 5.34. The molecule has 0 spiro atoms. The third kappa shape index (κ3) is 3.21. The fourth-order valence-electron chi connectivity index (χ4n) is 2.30. The Balaban J connectivity index is 2.19. The molecule has 2 aromatic rings. The summed E-state index contributed by atoms with van der Waals surface area (Å²) in [4.78, 5) is 0. The summed E-state index contributed by atoms with van der Waals surface area (Å²) in [5.74, 6) is 0. The highest BCUT2D eigenvalue weighted by Gasteiger charge is 2.11. The van der Waals surface area contributed by atoms with Crippen molar-refractivity contribution in [1.82, 2.24) is 5.32 Å². The fraction of sp³-hybridized carbons (Fsp3) is 0.294. The maximum Gasteiger partial charge on any atom is 0.0360 e. The molecular formula is C17H21N. The molecule has 1 unspecified atom stereocenters. The number of hydrogen-bond donors (Lipinski definition) is 1. The van der Waals surface area contributed by atoms with Crippen LogP contribution < -0.4 is 5.32 Å². The second-order valence-corrected chi connectivity index (χ2v) is 4.65. The van der Waals surface area contributed by atoms with Crippen LogP contribution in [0.3, 0.4) is 0 Å². The van der Waals surface area contributed by atoms with Crippen molar-refractivity contribution in [3.63, 3.8) is 0 Å². The summed E-state index contributed by atoms with van der Waals surface area (Å²) in [5, 5.41) is 3.57. The highest BCUT2D eigenvalue weighted by molar-refractivity contribution is 5.29. The molecular weight excluding hydrogens is 218 g/mol. The van der Waals surface area contributed by atoms with E-state index >= 15 is 0 Å². The van der Waals surface area contributed by atoms with Crippen LogP contribution in [0.5, 0.6) is 0 Å². The molecule has 0 aromatic heterocycles.